The Morgan fingerprint density at radius 2 is 1.94 bits per heavy atom. The van der Waals surface area contributed by atoms with Gasteiger partial charge in [0, 0.05) is 17.5 Å². The van der Waals surface area contributed by atoms with Gasteiger partial charge in [-0.2, -0.15) is 23.3 Å². The predicted octanol–water partition coefficient (Wildman–Crippen LogP) is 1.50. The van der Waals surface area contributed by atoms with Gasteiger partial charge in [0.15, 0.2) is 0 Å². The lowest BCUT2D eigenvalue weighted by molar-refractivity contribution is -0.299. The summed E-state index contributed by atoms with van der Waals surface area (Å²) in [5.41, 5.74) is -3.70. The lowest BCUT2D eigenvalue weighted by atomic mass is 9.86. The first kappa shape index (κ1) is 13.0. The summed E-state index contributed by atoms with van der Waals surface area (Å²) in [5.74, 6) is 0. The van der Waals surface area contributed by atoms with Crippen molar-refractivity contribution in [3.63, 3.8) is 0 Å². The van der Waals surface area contributed by atoms with Gasteiger partial charge in [0.05, 0.1) is 0 Å². The van der Waals surface area contributed by atoms with Crippen molar-refractivity contribution in [1.82, 2.24) is 5.01 Å². The number of hydrazone groups is 1. The first-order chi connectivity index (χ1) is 7.02. The van der Waals surface area contributed by atoms with E-state index in [2.05, 4.69) is 5.10 Å². The van der Waals surface area contributed by atoms with E-state index in [1.165, 1.54) is 0 Å². The van der Waals surface area contributed by atoms with Gasteiger partial charge < -0.3 is 5.11 Å². The average molecular weight is 238 g/mol. The van der Waals surface area contributed by atoms with Crippen LogP contribution in [0.15, 0.2) is 5.10 Å². The monoisotopic (exact) mass is 238 g/mol. The number of halogens is 3. The van der Waals surface area contributed by atoms with Crippen molar-refractivity contribution in [3.8, 4) is 0 Å². The van der Waals surface area contributed by atoms with Crippen LogP contribution in [0.1, 0.15) is 27.2 Å². The summed E-state index contributed by atoms with van der Waals surface area (Å²) >= 11 is 0. The minimum absolute atomic E-state index is 0.0353. The van der Waals surface area contributed by atoms with Gasteiger partial charge in [0.1, 0.15) is 0 Å². The fraction of sp³-hybridized carbons (Fsp3) is 0.778. The maximum Gasteiger partial charge on any atom is 0.438 e. The summed E-state index contributed by atoms with van der Waals surface area (Å²) in [6.07, 6.45) is -5.75. The minimum Gasteiger partial charge on any atom is -0.362 e. The Morgan fingerprint density at radius 3 is 2.19 bits per heavy atom. The standard InChI is InChI=1S/C9H13F3N2O2/c1-7(2,3)6-4-8(16,9(10,11)12)14(5-15)13-6/h5,16H,4H2,1-3H3. The summed E-state index contributed by atoms with van der Waals surface area (Å²) < 4.78 is 37.9. The molecule has 1 rings (SSSR count). The Balaban J connectivity index is 3.10. The van der Waals surface area contributed by atoms with E-state index in [1.807, 2.05) is 0 Å². The highest BCUT2D eigenvalue weighted by Crippen LogP contribution is 2.42. The van der Waals surface area contributed by atoms with E-state index in [1.54, 1.807) is 20.8 Å². The van der Waals surface area contributed by atoms with Crippen LogP contribution in [0.4, 0.5) is 13.2 Å². The normalized spacial score (nSPS) is 26.9. The number of amides is 1. The maximum atomic E-state index is 12.6. The van der Waals surface area contributed by atoms with E-state index in [0.29, 0.717) is 0 Å². The van der Waals surface area contributed by atoms with Gasteiger partial charge in [-0.3, -0.25) is 4.79 Å². The van der Waals surface area contributed by atoms with Crippen LogP contribution < -0.4 is 0 Å². The Bertz CT molecular complexity index is 333. The highest BCUT2D eigenvalue weighted by atomic mass is 19.4. The molecule has 0 aromatic rings. The molecule has 0 aromatic heterocycles. The second-order valence-corrected chi connectivity index (χ2v) is 4.74. The number of carbonyl (C=O) groups is 1. The highest BCUT2D eigenvalue weighted by Gasteiger charge is 2.62. The Hall–Kier alpha value is -1.11. The molecule has 0 bridgehead atoms. The number of nitrogens with zero attached hydrogens (tertiary/aromatic N) is 2. The fourth-order valence-electron chi connectivity index (χ4n) is 1.32. The molecule has 0 spiro atoms. The smallest absolute Gasteiger partial charge is 0.362 e. The molecule has 0 fully saturated rings. The third kappa shape index (κ3) is 1.91. The molecule has 0 saturated heterocycles. The van der Waals surface area contributed by atoms with Crippen LogP contribution >= 0.6 is 0 Å². The molecule has 1 amide bonds. The third-order valence-corrected chi connectivity index (χ3v) is 2.44. The summed E-state index contributed by atoms with van der Waals surface area (Å²) in [4.78, 5) is 10.5. The van der Waals surface area contributed by atoms with Crippen molar-refractivity contribution in [3.05, 3.63) is 0 Å². The van der Waals surface area contributed by atoms with Crippen molar-refractivity contribution in [2.75, 3.05) is 0 Å². The molecule has 7 heteroatoms. The van der Waals surface area contributed by atoms with Crippen molar-refractivity contribution < 1.29 is 23.1 Å². The number of alkyl halides is 3. The van der Waals surface area contributed by atoms with Gasteiger partial charge >= 0.3 is 6.18 Å². The number of hydrogen-bond donors (Lipinski definition) is 1. The van der Waals surface area contributed by atoms with E-state index in [4.69, 9.17) is 0 Å². The molecular formula is C9H13F3N2O2. The SMILES string of the molecule is CC(C)(C)C1=NN(C=O)C(O)(C(F)(F)F)C1. The molecule has 1 aliphatic rings. The predicted molar refractivity (Wildman–Crippen MR) is 50.4 cm³/mol. The number of rotatable bonds is 1. The van der Waals surface area contributed by atoms with Crippen LogP contribution in [0.5, 0.6) is 0 Å². The number of aliphatic hydroxyl groups is 1. The summed E-state index contributed by atoms with van der Waals surface area (Å²) in [7, 11) is 0. The zero-order chi connectivity index (χ0) is 12.8. The Labute approximate surface area is 90.7 Å². The summed E-state index contributed by atoms with van der Waals surface area (Å²) in [6.45, 7) is 4.99. The van der Waals surface area contributed by atoms with Crippen LogP contribution in [0.2, 0.25) is 0 Å². The topological polar surface area (TPSA) is 52.9 Å². The third-order valence-electron chi connectivity index (χ3n) is 2.44. The number of carbonyl (C=O) groups excluding carboxylic acids is 1. The summed E-state index contributed by atoms with van der Waals surface area (Å²) in [6, 6.07) is 0. The summed E-state index contributed by atoms with van der Waals surface area (Å²) in [5, 5.41) is 13.0. The highest BCUT2D eigenvalue weighted by molar-refractivity contribution is 5.92. The molecule has 1 unspecified atom stereocenters. The number of hydrogen-bond acceptors (Lipinski definition) is 3. The molecule has 16 heavy (non-hydrogen) atoms. The van der Waals surface area contributed by atoms with Crippen LogP contribution in [0.25, 0.3) is 0 Å². The van der Waals surface area contributed by atoms with E-state index in [-0.39, 0.29) is 17.1 Å². The van der Waals surface area contributed by atoms with Gasteiger partial charge in [0.25, 0.3) is 5.72 Å². The Kier molecular flexibility index (Phi) is 2.79. The minimum atomic E-state index is -4.93. The fourth-order valence-corrected chi connectivity index (χ4v) is 1.32. The van der Waals surface area contributed by atoms with Gasteiger partial charge in [0.2, 0.25) is 6.41 Å². The first-order valence-corrected chi connectivity index (χ1v) is 4.64. The van der Waals surface area contributed by atoms with Crippen LogP contribution in [-0.2, 0) is 4.79 Å². The molecule has 0 saturated carbocycles. The quantitative estimate of drug-likeness (QED) is 0.704. The lowest BCUT2D eigenvalue weighted by Crippen LogP contribution is -2.54. The average Bonchev–Trinajstić information content (AvgIpc) is 2.42. The zero-order valence-corrected chi connectivity index (χ0v) is 9.17. The van der Waals surface area contributed by atoms with Crippen molar-refractivity contribution in [2.45, 2.75) is 39.1 Å². The molecule has 4 nitrogen and oxygen atoms in total. The largest absolute Gasteiger partial charge is 0.438 e. The molecule has 1 heterocycles. The molecule has 1 aliphatic heterocycles. The molecule has 0 aliphatic carbocycles. The van der Waals surface area contributed by atoms with E-state index in [0.717, 1.165) is 0 Å². The van der Waals surface area contributed by atoms with Gasteiger partial charge in [-0.05, 0) is 0 Å². The van der Waals surface area contributed by atoms with Crippen molar-refractivity contribution in [1.29, 1.82) is 0 Å². The van der Waals surface area contributed by atoms with Crippen LogP contribution in [-0.4, -0.2) is 34.1 Å². The molecule has 0 radical (unpaired) electrons. The molecule has 92 valence electrons. The first-order valence-electron chi connectivity index (χ1n) is 4.64. The second kappa shape index (κ2) is 3.44. The lowest BCUT2D eigenvalue weighted by Gasteiger charge is -2.30. The Morgan fingerprint density at radius 1 is 1.44 bits per heavy atom. The van der Waals surface area contributed by atoms with Crippen LogP contribution in [0.3, 0.4) is 0 Å². The second-order valence-electron chi connectivity index (χ2n) is 4.74. The van der Waals surface area contributed by atoms with Crippen LogP contribution in [0, 0.1) is 5.41 Å². The zero-order valence-electron chi connectivity index (χ0n) is 9.17. The van der Waals surface area contributed by atoms with Crippen molar-refractivity contribution in [2.24, 2.45) is 10.5 Å². The van der Waals surface area contributed by atoms with E-state index in [9.17, 15) is 23.1 Å². The molecule has 0 aromatic carbocycles. The van der Waals surface area contributed by atoms with Gasteiger partial charge in [-0.25, -0.2) is 0 Å². The van der Waals surface area contributed by atoms with E-state index < -0.39 is 23.7 Å². The maximum absolute atomic E-state index is 12.6. The van der Waals surface area contributed by atoms with Gasteiger partial charge in [-0.15, -0.1) is 0 Å². The molecule has 1 atom stereocenters. The van der Waals surface area contributed by atoms with Crippen molar-refractivity contribution >= 4 is 12.1 Å². The van der Waals surface area contributed by atoms with E-state index >= 15 is 0 Å². The van der Waals surface area contributed by atoms with Gasteiger partial charge in [-0.1, -0.05) is 20.8 Å². The molecule has 1 N–H and O–H groups in total. The molecular weight excluding hydrogens is 225 g/mol.